The van der Waals surface area contributed by atoms with E-state index in [4.69, 9.17) is 34.3 Å². The van der Waals surface area contributed by atoms with E-state index in [1.807, 2.05) is 26.0 Å². The molecule has 0 aromatic heterocycles. The van der Waals surface area contributed by atoms with Crippen LogP contribution < -0.4 is 10.5 Å². The smallest absolute Gasteiger partial charge is 0.139 e. The zero-order valence-electron chi connectivity index (χ0n) is 10.5. The largest absolute Gasteiger partial charge is 0.492 e. The molecule has 0 atom stereocenters. The lowest BCUT2D eigenvalue weighted by molar-refractivity contribution is 0.288. The fourth-order valence-electron chi connectivity index (χ4n) is 1.41. The topological polar surface area (TPSA) is 35.2 Å². The van der Waals surface area contributed by atoms with Crippen LogP contribution >= 0.6 is 39.7 Å². The van der Waals surface area contributed by atoms with Crippen molar-refractivity contribution in [3.63, 3.8) is 0 Å². The second kappa shape index (κ2) is 6.73. The van der Waals surface area contributed by atoms with Gasteiger partial charge in [0.25, 0.3) is 0 Å². The van der Waals surface area contributed by atoms with Gasteiger partial charge in [-0.05, 0) is 31.0 Å². The van der Waals surface area contributed by atoms with Crippen LogP contribution in [-0.4, -0.2) is 11.6 Å². The number of hydrogen-bond acceptors (Lipinski definition) is 2. The molecule has 0 spiro atoms. The van der Waals surface area contributed by atoms with Crippen LogP contribution in [0.2, 0.25) is 5.02 Å². The Hall–Kier alpha value is -0.320. The maximum absolute atomic E-state index is 6.03. The molecule has 0 aliphatic carbocycles. The Balaban J connectivity index is 2.43. The average molecular weight is 351 g/mol. The second-order valence-electron chi connectivity index (χ2n) is 4.77. The molecule has 0 unspecified atom stereocenters. The van der Waals surface area contributed by atoms with Gasteiger partial charge in [-0.3, -0.25) is 0 Å². The number of rotatable bonds is 6. The summed E-state index contributed by atoms with van der Waals surface area (Å²) in [6, 6.07) is 5.55. The van der Waals surface area contributed by atoms with Gasteiger partial charge in [0, 0.05) is 9.89 Å². The monoisotopic (exact) mass is 349 g/mol. The number of nitrogens with two attached hydrogens (primary N) is 1. The van der Waals surface area contributed by atoms with Crippen molar-refractivity contribution in [2.45, 2.75) is 26.7 Å². The van der Waals surface area contributed by atoms with E-state index in [9.17, 15) is 0 Å². The maximum Gasteiger partial charge on any atom is 0.139 e. The Morgan fingerprint density at radius 2 is 2.17 bits per heavy atom. The van der Waals surface area contributed by atoms with Crippen molar-refractivity contribution >= 4 is 44.7 Å². The molecule has 18 heavy (non-hydrogen) atoms. The van der Waals surface area contributed by atoms with Crippen LogP contribution in [0.15, 0.2) is 22.7 Å². The van der Waals surface area contributed by atoms with Gasteiger partial charge in [-0.15, -0.1) is 0 Å². The van der Waals surface area contributed by atoms with Gasteiger partial charge >= 0.3 is 0 Å². The highest BCUT2D eigenvalue weighted by Gasteiger charge is 2.20. The minimum absolute atomic E-state index is 0.125. The third-order valence-corrected chi connectivity index (χ3v) is 4.12. The lowest BCUT2D eigenvalue weighted by atomic mass is 9.88. The number of thiocarbonyl (C=S) groups is 1. The molecule has 0 fully saturated rings. The lowest BCUT2D eigenvalue weighted by Crippen LogP contribution is -2.30. The Kier molecular flexibility index (Phi) is 5.89. The third kappa shape index (κ3) is 4.75. The van der Waals surface area contributed by atoms with E-state index in [-0.39, 0.29) is 5.41 Å². The quantitative estimate of drug-likeness (QED) is 0.603. The minimum atomic E-state index is -0.125. The van der Waals surface area contributed by atoms with Crippen molar-refractivity contribution < 1.29 is 4.74 Å². The predicted molar refractivity (Wildman–Crippen MR) is 84.4 cm³/mol. The Morgan fingerprint density at radius 1 is 1.50 bits per heavy atom. The number of hydrogen-bond donors (Lipinski definition) is 1. The lowest BCUT2D eigenvalue weighted by Gasteiger charge is -2.22. The number of ether oxygens (including phenoxy) is 1. The molecular weight excluding hydrogens is 334 g/mol. The predicted octanol–water partition coefficient (Wildman–Crippen LogP) is 4.57. The standard InChI is InChI=1S/C13H17BrClNOS/c1-13(2,12(16)18)6-3-7-17-11-8-9(14)4-5-10(11)15/h4-5,8H,3,6-7H2,1-2H3,(H2,16,18). The van der Waals surface area contributed by atoms with E-state index in [2.05, 4.69) is 15.9 Å². The highest BCUT2D eigenvalue weighted by molar-refractivity contribution is 9.10. The number of halogens is 2. The van der Waals surface area contributed by atoms with E-state index in [1.54, 1.807) is 6.07 Å². The molecule has 2 nitrogen and oxygen atoms in total. The van der Waals surface area contributed by atoms with E-state index in [1.165, 1.54) is 0 Å². The van der Waals surface area contributed by atoms with Gasteiger partial charge in [-0.2, -0.15) is 0 Å². The summed E-state index contributed by atoms with van der Waals surface area (Å²) in [5.74, 6) is 0.694. The van der Waals surface area contributed by atoms with Crippen molar-refractivity contribution in [2.24, 2.45) is 11.1 Å². The average Bonchev–Trinajstić information content (AvgIpc) is 2.28. The van der Waals surface area contributed by atoms with Gasteiger partial charge in [0.2, 0.25) is 0 Å². The van der Waals surface area contributed by atoms with Crippen LogP contribution in [0.3, 0.4) is 0 Å². The van der Waals surface area contributed by atoms with E-state index in [0.29, 0.717) is 22.4 Å². The highest BCUT2D eigenvalue weighted by atomic mass is 79.9. The number of benzene rings is 1. The van der Waals surface area contributed by atoms with Gasteiger partial charge < -0.3 is 10.5 Å². The first kappa shape index (κ1) is 15.7. The van der Waals surface area contributed by atoms with Gasteiger partial charge in [0.15, 0.2) is 0 Å². The summed E-state index contributed by atoms with van der Waals surface area (Å²) in [7, 11) is 0. The molecule has 0 saturated carbocycles. The Bertz CT molecular complexity index is 437. The van der Waals surface area contributed by atoms with Crippen LogP contribution in [0.1, 0.15) is 26.7 Å². The fourth-order valence-corrected chi connectivity index (χ4v) is 2.02. The summed E-state index contributed by atoms with van der Waals surface area (Å²) in [6.07, 6.45) is 1.78. The van der Waals surface area contributed by atoms with Gasteiger partial charge in [0.1, 0.15) is 5.75 Å². The van der Waals surface area contributed by atoms with Crippen LogP contribution in [-0.2, 0) is 0 Å². The van der Waals surface area contributed by atoms with E-state index >= 15 is 0 Å². The van der Waals surface area contributed by atoms with Crippen molar-refractivity contribution in [1.82, 2.24) is 0 Å². The SMILES string of the molecule is CC(C)(CCCOc1cc(Br)ccc1Cl)C(N)=S. The summed E-state index contributed by atoms with van der Waals surface area (Å²) < 4.78 is 6.60. The van der Waals surface area contributed by atoms with Gasteiger partial charge in [-0.1, -0.05) is 53.6 Å². The molecule has 0 amide bonds. The van der Waals surface area contributed by atoms with Crippen LogP contribution in [0.25, 0.3) is 0 Å². The molecule has 0 saturated heterocycles. The van der Waals surface area contributed by atoms with E-state index < -0.39 is 0 Å². The van der Waals surface area contributed by atoms with Crippen molar-refractivity contribution in [1.29, 1.82) is 0 Å². The molecule has 0 aliphatic heterocycles. The normalized spacial score (nSPS) is 11.3. The molecule has 1 aromatic carbocycles. The van der Waals surface area contributed by atoms with Crippen LogP contribution in [0.4, 0.5) is 0 Å². The second-order valence-corrected chi connectivity index (χ2v) is 6.54. The van der Waals surface area contributed by atoms with Crippen molar-refractivity contribution in [3.8, 4) is 5.75 Å². The molecule has 100 valence electrons. The molecule has 0 radical (unpaired) electrons. The summed E-state index contributed by atoms with van der Waals surface area (Å²) in [5, 5.41) is 0.617. The summed E-state index contributed by atoms with van der Waals surface area (Å²) in [5.41, 5.74) is 5.55. The molecule has 0 bridgehead atoms. The summed E-state index contributed by atoms with van der Waals surface area (Å²) >= 11 is 14.4. The highest BCUT2D eigenvalue weighted by Crippen LogP contribution is 2.28. The maximum atomic E-state index is 6.03. The molecular formula is C13H17BrClNOS. The molecule has 0 aliphatic rings. The Labute approximate surface area is 127 Å². The molecule has 2 N–H and O–H groups in total. The van der Waals surface area contributed by atoms with Gasteiger partial charge in [-0.25, -0.2) is 0 Å². The van der Waals surface area contributed by atoms with Gasteiger partial charge in [0.05, 0.1) is 16.6 Å². The van der Waals surface area contributed by atoms with E-state index in [0.717, 1.165) is 17.3 Å². The third-order valence-electron chi connectivity index (χ3n) is 2.76. The Morgan fingerprint density at radius 3 is 2.78 bits per heavy atom. The first-order valence-corrected chi connectivity index (χ1v) is 7.28. The first-order valence-electron chi connectivity index (χ1n) is 5.71. The molecule has 1 rings (SSSR count). The fraction of sp³-hybridized carbons (Fsp3) is 0.462. The summed E-state index contributed by atoms with van der Waals surface area (Å²) in [6.45, 7) is 4.69. The molecule has 0 heterocycles. The minimum Gasteiger partial charge on any atom is -0.492 e. The van der Waals surface area contributed by atoms with Crippen LogP contribution in [0.5, 0.6) is 5.75 Å². The zero-order chi connectivity index (χ0) is 13.8. The molecule has 1 aromatic rings. The van der Waals surface area contributed by atoms with Crippen molar-refractivity contribution in [3.05, 3.63) is 27.7 Å². The molecule has 5 heteroatoms. The first-order chi connectivity index (χ1) is 8.33. The van der Waals surface area contributed by atoms with Crippen LogP contribution in [0, 0.1) is 5.41 Å². The van der Waals surface area contributed by atoms with Crippen molar-refractivity contribution in [2.75, 3.05) is 6.61 Å². The zero-order valence-corrected chi connectivity index (χ0v) is 13.7. The summed E-state index contributed by atoms with van der Waals surface area (Å²) in [4.78, 5) is 0.544.